The van der Waals surface area contributed by atoms with Gasteiger partial charge in [0.05, 0.1) is 16.9 Å². The fourth-order valence-corrected chi connectivity index (χ4v) is 4.37. The Kier molecular flexibility index (Phi) is 4.14. The Bertz CT molecular complexity index is 1050. The van der Waals surface area contributed by atoms with E-state index in [1.54, 1.807) is 11.6 Å². The quantitative estimate of drug-likeness (QED) is 0.766. The van der Waals surface area contributed by atoms with Gasteiger partial charge in [0.2, 0.25) is 0 Å². The number of amides is 1. The predicted octanol–water partition coefficient (Wildman–Crippen LogP) is 2.29. The molecule has 0 bridgehead atoms. The van der Waals surface area contributed by atoms with Crippen molar-refractivity contribution in [1.29, 1.82) is 0 Å². The second-order valence-corrected chi connectivity index (χ2v) is 7.61. The minimum Gasteiger partial charge on any atom is -0.337 e. The lowest BCUT2D eigenvalue weighted by Crippen LogP contribution is -2.28. The number of carbonyl (C=O) groups is 1. The molecule has 0 radical (unpaired) electrons. The van der Waals surface area contributed by atoms with Crippen LogP contribution in [0.2, 0.25) is 0 Å². The number of hydrogen-bond acceptors (Lipinski definition) is 5. The molecule has 0 spiro atoms. The third-order valence-corrected chi connectivity index (χ3v) is 6.08. The van der Waals surface area contributed by atoms with Crippen LogP contribution in [-0.2, 0) is 6.42 Å². The van der Waals surface area contributed by atoms with Crippen LogP contribution in [0.4, 0.5) is 0 Å². The summed E-state index contributed by atoms with van der Waals surface area (Å²) in [6.07, 6.45) is 1.64. The first-order valence-electron chi connectivity index (χ1n) is 8.80. The number of carbonyl (C=O) groups excluding carboxylic acids is 1. The average Bonchev–Trinajstić information content (AvgIpc) is 3.34. The molecule has 8 heteroatoms. The van der Waals surface area contributed by atoms with Gasteiger partial charge >= 0.3 is 0 Å². The summed E-state index contributed by atoms with van der Waals surface area (Å²) in [4.78, 5) is 36.6. The van der Waals surface area contributed by atoms with Crippen LogP contribution in [0.3, 0.4) is 0 Å². The summed E-state index contributed by atoms with van der Waals surface area (Å²) in [5.74, 6) is 0.112. The Morgan fingerprint density at radius 2 is 2.23 bits per heavy atom. The van der Waals surface area contributed by atoms with Gasteiger partial charge in [0.15, 0.2) is 5.65 Å². The summed E-state index contributed by atoms with van der Waals surface area (Å²) >= 11 is 1.38. The molecule has 1 fully saturated rings. The molecule has 0 aromatic carbocycles. The van der Waals surface area contributed by atoms with Crippen molar-refractivity contribution < 1.29 is 4.79 Å². The topological polar surface area (TPSA) is 83.4 Å². The number of H-pyrrole nitrogens is 1. The minimum absolute atomic E-state index is 0.0244. The first-order chi connectivity index (χ1) is 12.5. The van der Waals surface area contributed by atoms with Crippen molar-refractivity contribution in [1.82, 2.24) is 24.5 Å². The van der Waals surface area contributed by atoms with Crippen LogP contribution in [0.5, 0.6) is 0 Å². The van der Waals surface area contributed by atoms with Crippen molar-refractivity contribution in [3.05, 3.63) is 49.5 Å². The van der Waals surface area contributed by atoms with E-state index in [1.807, 2.05) is 25.7 Å². The lowest BCUT2D eigenvalue weighted by atomic mass is 10.0. The first kappa shape index (κ1) is 17.0. The normalized spacial score (nSPS) is 17.3. The molecule has 0 saturated carbocycles. The van der Waals surface area contributed by atoms with E-state index < -0.39 is 0 Å². The van der Waals surface area contributed by atoms with Crippen LogP contribution in [0, 0.1) is 13.8 Å². The van der Waals surface area contributed by atoms with Gasteiger partial charge in [0.25, 0.3) is 11.5 Å². The van der Waals surface area contributed by atoms with E-state index in [9.17, 15) is 9.59 Å². The average molecular weight is 371 g/mol. The fraction of sp³-hybridized carbons (Fsp3) is 0.444. The van der Waals surface area contributed by atoms with E-state index in [0.717, 1.165) is 35.5 Å². The Balaban J connectivity index is 1.63. The summed E-state index contributed by atoms with van der Waals surface area (Å²) in [5.41, 5.74) is 5.87. The maximum absolute atomic E-state index is 12.7. The molecule has 0 aliphatic carbocycles. The molecule has 4 heterocycles. The van der Waals surface area contributed by atoms with E-state index in [2.05, 4.69) is 10.1 Å². The molecule has 3 aromatic rings. The number of aromatic amines is 1. The van der Waals surface area contributed by atoms with Crippen molar-refractivity contribution >= 4 is 22.9 Å². The number of aromatic nitrogens is 4. The molecule has 3 aromatic heterocycles. The third kappa shape index (κ3) is 2.65. The molecule has 4 rings (SSSR count). The van der Waals surface area contributed by atoms with Crippen molar-refractivity contribution in [3.8, 4) is 0 Å². The summed E-state index contributed by atoms with van der Waals surface area (Å²) < 4.78 is 1.51. The van der Waals surface area contributed by atoms with Gasteiger partial charge in [-0.15, -0.1) is 11.3 Å². The highest BCUT2D eigenvalue weighted by atomic mass is 32.1. The molecule has 1 aliphatic heterocycles. The zero-order valence-electron chi connectivity index (χ0n) is 15.1. The molecule has 7 nitrogen and oxygen atoms in total. The highest BCUT2D eigenvalue weighted by molar-refractivity contribution is 7.11. The number of thiazole rings is 1. The lowest BCUT2D eigenvalue weighted by molar-refractivity contribution is 0.0794. The number of likely N-dealkylation sites (tertiary alicyclic amines) is 1. The van der Waals surface area contributed by atoms with Gasteiger partial charge in [-0.1, -0.05) is 6.92 Å². The standard InChI is InChI=1S/C18H21N5O2S/c1-4-13-10(2)17-20-14(7-15(24)23(17)21-13)12-5-6-22(8-12)18(25)16-11(3)19-9-26-16/h7,9,12,21H,4-6,8H2,1-3H3/t12-/m0/s1. The fourth-order valence-electron chi connectivity index (χ4n) is 3.60. The largest absolute Gasteiger partial charge is 0.337 e. The predicted molar refractivity (Wildman–Crippen MR) is 100 cm³/mol. The molecule has 1 amide bonds. The second kappa shape index (κ2) is 6.35. The molecule has 136 valence electrons. The zero-order valence-corrected chi connectivity index (χ0v) is 15.9. The molecule has 1 atom stereocenters. The van der Waals surface area contributed by atoms with E-state index >= 15 is 0 Å². The smallest absolute Gasteiger partial charge is 0.272 e. The maximum Gasteiger partial charge on any atom is 0.272 e. The molecule has 1 saturated heterocycles. The van der Waals surface area contributed by atoms with E-state index in [0.29, 0.717) is 23.6 Å². The van der Waals surface area contributed by atoms with E-state index in [1.165, 1.54) is 15.9 Å². The summed E-state index contributed by atoms with van der Waals surface area (Å²) in [6.45, 7) is 7.15. The number of fused-ring (bicyclic) bond motifs is 1. The number of rotatable bonds is 3. The molecular weight excluding hydrogens is 350 g/mol. The van der Waals surface area contributed by atoms with Crippen LogP contribution >= 0.6 is 11.3 Å². The van der Waals surface area contributed by atoms with Gasteiger partial charge in [-0.3, -0.25) is 14.7 Å². The summed E-state index contributed by atoms with van der Waals surface area (Å²) in [5, 5.41) is 3.12. The maximum atomic E-state index is 12.7. The van der Waals surface area contributed by atoms with E-state index in [4.69, 9.17) is 4.98 Å². The number of aryl methyl sites for hydroxylation is 3. The van der Waals surface area contributed by atoms with Gasteiger partial charge in [-0.2, -0.15) is 0 Å². The first-order valence-corrected chi connectivity index (χ1v) is 9.68. The van der Waals surface area contributed by atoms with Crippen molar-refractivity contribution in [2.24, 2.45) is 0 Å². The monoisotopic (exact) mass is 371 g/mol. The van der Waals surface area contributed by atoms with Crippen LogP contribution < -0.4 is 5.56 Å². The Morgan fingerprint density at radius 1 is 1.42 bits per heavy atom. The van der Waals surface area contributed by atoms with Gasteiger partial charge in [-0.25, -0.2) is 14.5 Å². The van der Waals surface area contributed by atoms with Crippen molar-refractivity contribution in [2.45, 2.75) is 39.5 Å². The van der Waals surface area contributed by atoms with Crippen molar-refractivity contribution in [2.75, 3.05) is 13.1 Å². The SMILES string of the molecule is CCc1[nH]n2c(=O)cc([C@H]3CCN(C(=O)c4scnc4C)C3)nc2c1C. The second-order valence-electron chi connectivity index (χ2n) is 6.75. The molecule has 1 aliphatic rings. The Morgan fingerprint density at radius 3 is 2.92 bits per heavy atom. The summed E-state index contributed by atoms with van der Waals surface area (Å²) in [6, 6.07) is 1.60. The molecule has 1 N–H and O–H groups in total. The van der Waals surface area contributed by atoms with E-state index in [-0.39, 0.29) is 17.4 Å². The zero-order chi connectivity index (χ0) is 18.4. The van der Waals surface area contributed by atoms with Crippen LogP contribution in [0.25, 0.3) is 5.65 Å². The Hall–Kier alpha value is -2.48. The van der Waals surface area contributed by atoms with Crippen LogP contribution in [0.15, 0.2) is 16.4 Å². The highest BCUT2D eigenvalue weighted by Crippen LogP contribution is 2.28. The molecular formula is C18H21N5O2S. The lowest BCUT2D eigenvalue weighted by Gasteiger charge is -2.15. The van der Waals surface area contributed by atoms with Crippen LogP contribution in [-0.4, -0.2) is 43.5 Å². The summed E-state index contributed by atoms with van der Waals surface area (Å²) in [7, 11) is 0. The number of nitrogens with one attached hydrogen (secondary N) is 1. The van der Waals surface area contributed by atoms with Gasteiger partial charge in [-0.05, 0) is 26.7 Å². The molecule has 26 heavy (non-hydrogen) atoms. The van der Waals surface area contributed by atoms with Crippen molar-refractivity contribution in [3.63, 3.8) is 0 Å². The minimum atomic E-state index is -0.101. The van der Waals surface area contributed by atoms with Crippen LogP contribution in [0.1, 0.15) is 51.6 Å². The Labute approximate surface area is 154 Å². The highest BCUT2D eigenvalue weighted by Gasteiger charge is 2.31. The van der Waals surface area contributed by atoms with Gasteiger partial charge in [0.1, 0.15) is 4.88 Å². The number of nitrogens with zero attached hydrogens (tertiary/aromatic N) is 4. The van der Waals surface area contributed by atoms with Gasteiger partial charge < -0.3 is 4.90 Å². The third-order valence-electron chi connectivity index (χ3n) is 5.16. The van der Waals surface area contributed by atoms with Gasteiger partial charge in [0, 0.05) is 36.3 Å². The number of hydrogen-bond donors (Lipinski definition) is 1. The molecule has 0 unspecified atom stereocenters.